The van der Waals surface area contributed by atoms with Gasteiger partial charge >= 0.3 is 5.97 Å². The van der Waals surface area contributed by atoms with Crippen molar-refractivity contribution in [2.24, 2.45) is 0 Å². The van der Waals surface area contributed by atoms with Crippen LogP contribution in [0.3, 0.4) is 0 Å². The van der Waals surface area contributed by atoms with Crippen LogP contribution in [0.2, 0.25) is 0 Å². The smallest absolute Gasteiger partial charge is 0.358 e. The molecule has 0 aliphatic heterocycles. The molecule has 2 aromatic rings. The van der Waals surface area contributed by atoms with E-state index in [2.05, 4.69) is 29.1 Å². The van der Waals surface area contributed by atoms with Crippen molar-refractivity contribution in [2.75, 3.05) is 18.0 Å². The molecule has 0 saturated heterocycles. The molecule has 0 unspecified atom stereocenters. The van der Waals surface area contributed by atoms with Crippen LogP contribution >= 0.6 is 0 Å². The van der Waals surface area contributed by atoms with Gasteiger partial charge in [0.2, 0.25) is 0 Å². The molecule has 1 N–H and O–H groups in total. The molecule has 0 amide bonds. The van der Waals surface area contributed by atoms with Crippen molar-refractivity contribution in [1.29, 1.82) is 0 Å². The molecule has 1 aromatic carbocycles. The molecule has 6 heteroatoms. The van der Waals surface area contributed by atoms with Gasteiger partial charge in [0.05, 0.1) is 11.4 Å². The van der Waals surface area contributed by atoms with Crippen LogP contribution in [-0.2, 0) is 5.41 Å². The normalized spacial score (nSPS) is 11.5. The lowest BCUT2D eigenvalue weighted by Crippen LogP contribution is -2.22. The number of hydrogen-bond acceptors (Lipinski definition) is 4. The second kappa shape index (κ2) is 6.40. The van der Waals surface area contributed by atoms with Gasteiger partial charge in [-0.05, 0) is 38.1 Å². The van der Waals surface area contributed by atoms with Crippen molar-refractivity contribution in [3.8, 4) is 5.69 Å². The zero-order valence-corrected chi connectivity index (χ0v) is 14.4. The molecule has 0 atom stereocenters. The summed E-state index contributed by atoms with van der Waals surface area (Å²) in [6.45, 7) is 12.0. The topological polar surface area (TPSA) is 71.2 Å². The quantitative estimate of drug-likeness (QED) is 0.917. The largest absolute Gasteiger partial charge is 0.476 e. The third-order valence-electron chi connectivity index (χ3n) is 3.81. The minimum absolute atomic E-state index is 0.00493. The number of benzene rings is 1. The maximum absolute atomic E-state index is 11.4. The molecule has 0 fully saturated rings. The molecule has 2 rings (SSSR count). The van der Waals surface area contributed by atoms with Crippen LogP contribution < -0.4 is 4.90 Å². The number of carboxylic acid groups (broad SMARTS) is 1. The Morgan fingerprint density at radius 1 is 1.17 bits per heavy atom. The molecule has 1 aromatic heterocycles. The monoisotopic (exact) mass is 316 g/mol. The van der Waals surface area contributed by atoms with Gasteiger partial charge < -0.3 is 10.0 Å². The lowest BCUT2D eigenvalue weighted by atomic mass is 9.90. The SMILES string of the molecule is CCN(CC)c1ccc(-n2nnc(C(=O)O)c2C(C)(C)C)cc1. The van der Waals surface area contributed by atoms with E-state index in [0.29, 0.717) is 5.69 Å². The number of carbonyl (C=O) groups is 1. The number of rotatable bonds is 5. The third-order valence-corrected chi connectivity index (χ3v) is 3.81. The molecule has 0 bridgehead atoms. The summed E-state index contributed by atoms with van der Waals surface area (Å²) in [5, 5.41) is 17.3. The van der Waals surface area contributed by atoms with Crippen LogP contribution in [0.1, 0.15) is 50.8 Å². The Kier molecular flexibility index (Phi) is 4.73. The number of anilines is 1. The van der Waals surface area contributed by atoms with Crippen molar-refractivity contribution in [3.63, 3.8) is 0 Å². The summed E-state index contributed by atoms with van der Waals surface area (Å²) >= 11 is 0. The zero-order valence-electron chi connectivity index (χ0n) is 14.4. The van der Waals surface area contributed by atoms with Gasteiger partial charge in [-0.2, -0.15) is 0 Å². The summed E-state index contributed by atoms with van der Waals surface area (Å²) in [6.07, 6.45) is 0. The Bertz CT molecular complexity index is 680. The highest BCUT2D eigenvalue weighted by molar-refractivity contribution is 5.87. The van der Waals surface area contributed by atoms with Gasteiger partial charge in [-0.3, -0.25) is 0 Å². The van der Waals surface area contributed by atoms with Gasteiger partial charge in [-0.15, -0.1) is 5.10 Å². The van der Waals surface area contributed by atoms with E-state index in [1.165, 1.54) is 0 Å². The van der Waals surface area contributed by atoms with E-state index in [4.69, 9.17) is 0 Å². The van der Waals surface area contributed by atoms with Crippen LogP contribution in [0.5, 0.6) is 0 Å². The Morgan fingerprint density at radius 2 is 1.74 bits per heavy atom. The predicted octanol–water partition coefficient (Wildman–Crippen LogP) is 3.11. The first-order chi connectivity index (χ1) is 10.8. The average molecular weight is 316 g/mol. The summed E-state index contributed by atoms with van der Waals surface area (Å²) in [6, 6.07) is 7.94. The number of aromatic nitrogens is 3. The third kappa shape index (κ3) is 3.36. The van der Waals surface area contributed by atoms with Crippen LogP contribution in [0.4, 0.5) is 5.69 Å². The van der Waals surface area contributed by atoms with Crippen molar-refractivity contribution in [3.05, 3.63) is 35.7 Å². The van der Waals surface area contributed by atoms with Gasteiger partial charge in [0.15, 0.2) is 5.69 Å². The fourth-order valence-electron chi connectivity index (χ4n) is 2.67. The van der Waals surface area contributed by atoms with E-state index in [-0.39, 0.29) is 11.1 Å². The molecule has 0 aliphatic carbocycles. The molecule has 23 heavy (non-hydrogen) atoms. The number of aromatic carboxylic acids is 1. The first-order valence-electron chi connectivity index (χ1n) is 7.84. The van der Waals surface area contributed by atoms with Gasteiger partial charge in [0.25, 0.3) is 0 Å². The van der Waals surface area contributed by atoms with Crippen LogP contribution in [0, 0.1) is 0 Å². The molecule has 0 aliphatic rings. The summed E-state index contributed by atoms with van der Waals surface area (Å²) in [4.78, 5) is 13.7. The maximum atomic E-state index is 11.4. The maximum Gasteiger partial charge on any atom is 0.358 e. The minimum atomic E-state index is -1.05. The summed E-state index contributed by atoms with van der Waals surface area (Å²) in [5.41, 5.74) is 2.17. The van der Waals surface area contributed by atoms with Crippen LogP contribution in [-0.4, -0.2) is 39.2 Å². The van der Waals surface area contributed by atoms with Gasteiger partial charge in [-0.1, -0.05) is 26.0 Å². The molecule has 6 nitrogen and oxygen atoms in total. The van der Waals surface area contributed by atoms with E-state index in [1.807, 2.05) is 45.0 Å². The highest BCUT2D eigenvalue weighted by Gasteiger charge is 2.29. The summed E-state index contributed by atoms with van der Waals surface area (Å²) < 4.78 is 1.62. The molecule has 0 saturated carbocycles. The summed E-state index contributed by atoms with van der Waals surface area (Å²) in [7, 11) is 0. The number of nitrogens with zero attached hydrogens (tertiary/aromatic N) is 4. The lowest BCUT2D eigenvalue weighted by molar-refractivity contribution is 0.0687. The van der Waals surface area contributed by atoms with E-state index in [9.17, 15) is 9.90 Å². The second-order valence-corrected chi connectivity index (χ2v) is 6.44. The molecule has 124 valence electrons. The van der Waals surface area contributed by atoms with E-state index in [1.54, 1.807) is 4.68 Å². The molecule has 0 spiro atoms. The average Bonchev–Trinajstić information content (AvgIpc) is 2.94. The highest BCUT2D eigenvalue weighted by Crippen LogP contribution is 2.28. The lowest BCUT2D eigenvalue weighted by Gasteiger charge is -2.22. The Morgan fingerprint density at radius 3 is 2.17 bits per heavy atom. The zero-order chi connectivity index (χ0) is 17.2. The first-order valence-corrected chi connectivity index (χ1v) is 7.84. The molecular weight excluding hydrogens is 292 g/mol. The van der Waals surface area contributed by atoms with Gasteiger partial charge in [0.1, 0.15) is 0 Å². The van der Waals surface area contributed by atoms with E-state index in [0.717, 1.165) is 24.5 Å². The summed E-state index contributed by atoms with van der Waals surface area (Å²) in [5.74, 6) is -1.05. The fourth-order valence-corrected chi connectivity index (χ4v) is 2.67. The van der Waals surface area contributed by atoms with Crippen LogP contribution in [0.15, 0.2) is 24.3 Å². The minimum Gasteiger partial charge on any atom is -0.476 e. The Hall–Kier alpha value is -2.37. The second-order valence-electron chi connectivity index (χ2n) is 6.44. The first kappa shape index (κ1) is 17.0. The standard InChI is InChI=1S/C17H24N4O2/c1-6-20(7-2)12-8-10-13(11-9-12)21-15(17(3,4)5)14(16(22)23)18-19-21/h8-11H,6-7H2,1-5H3,(H,22,23). The number of hydrogen-bond donors (Lipinski definition) is 1. The fraction of sp³-hybridized carbons (Fsp3) is 0.471. The van der Waals surface area contributed by atoms with Crippen LogP contribution in [0.25, 0.3) is 5.69 Å². The van der Waals surface area contributed by atoms with Gasteiger partial charge in [-0.25, -0.2) is 9.48 Å². The molecular formula is C17H24N4O2. The predicted molar refractivity (Wildman–Crippen MR) is 90.6 cm³/mol. The van der Waals surface area contributed by atoms with Crippen molar-refractivity contribution in [1.82, 2.24) is 15.0 Å². The van der Waals surface area contributed by atoms with Gasteiger partial charge in [0, 0.05) is 24.2 Å². The molecule has 1 heterocycles. The molecule has 0 radical (unpaired) electrons. The number of carboxylic acids is 1. The van der Waals surface area contributed by atoms with E-state index < -0.39 is 5.97 Å². The van der Waals surface area contributed by atoms with E-state index >= 15 is 0 Å². The Balaban J connectivity index is 2.49. The van der Waals surface area contributed by atoms with Crippen molar-refractivity contribution in [2.45, 2.75) is 40.0 Å². The highest BCUT2D eigenvalue weighted by atomic mass is 16.4. The Labute approximate surface area is 136 Å². The van der Waals surface area contributed by atoms with Crippen molar-refractivity contribution >= 4 is 11.7 Å². The van der Waals surface area contributed by atoms with Crippen molar-refractivity contribution < 1.29 is 9.90 Å².